The van der Waals surface area contributed by atoms with E-state index in [1.807, 2.05) is 0 Å². The number of nitrogens with one attached hydrogen (secondary N) is 2. The lowest BCUT2D eigenvalue weighted by Gasteiger charge is -2.21. The van der Waals surface area contributed by atoms with Gasteiger partial charge in [0.05, 0.1) is 20.8 Å². The minimum atomic E-state index is -4.80. The highest BCUT2D eigenvalue weighted by molar-refractivity contribution is 7.50. The van der Waals surface area contributed by atoms with Gasteiger partial charge in [-0.1, -0.05) is 0 Å². The summed E-state index contributed by atoms with van der Waals surface area (Å²) >= 11 is 0. The normalized spacial score (nSPS) is 21.4. The van der Waals surface area contributed by atoms with Crippen molar-refractivity contribution in [3.8, 4) is 11.5 Å². The van der Waals surface area contributed by atoms with Crippen molar-refractivity contribution >= 4 is 36.6 Å². The number of aliphatic carboxylic acids is 1. The number of furan rings is 1. The second-order valence-corrected chi connectivity index (χ2v) is 10.9. The van der Waals surface area contributed by atoms with Crippen LogP contribution in [0.1, 0.15) is 18.9 Å². The predicted octanol–water partition coefficient (Wildman–Crippen LogP) is 1.83. The summed E-state index contributed by atoms with van der Waals surface area (Å²) in [6.07, 6.45) is -7.17. The third-order valence-corrected chi connectivity index (χ3v) is 7.45. The average molecular weight is 648 g/mol. The molecule has 0 spiro atoms. The van der Waals surface area contributed by atoms with E-state index in [1.165, 1.54) is 14.2 Å². The van der Waals surface area contributed by atoms with Gasteiger partial charge in [-0.2, -0.15) is 13.8 Å². The van der Waals surface area contributed by atoms with Gasteiger partial charge in [0.1, 0.15) is 29.5 Å². The number of carbonyl (C=O) groups is 2. The lowest BCUT2D eigenvalue weighted by molar-refractivity contribution is -0.141. The molecule has 240 valence electrons. The average Bonchev–Trinajstić information content (AvgIpc) is 3.47. The Morgan fingerprint density at radius 2 is 1.98 bits per heavy atom. The Kier molecular flexibility index (Phi) is 9.57. The van der Waals surface area contributed by atoms with E-state index in [4.69, 9.17) is 28.5 Å². The Labute approximate surface area is 245 Å². The van der Waals surface area contributed by atoms with Crippen LogP contribution < -0.4 is 25.6 Å². The lowest BCUT2D eigenvalue weighted by Crippen LogP contribution is -2.42. The fourth-order valence-electron chi connectivity index (χ4n) is 4.04. The number of hydrogen-bond acceptors (Lipinski definition) is 12. The van der Waals surface area contributed by atoms with Gasteiger partial charge in [0.15, 0.2) is 24.0 Å². The van der Waals surface area contributed by atoms with Gasteiger partial charge in [-0.3, -0.25) is 19.2 Å². The number of fused-ring (bicyclic) bond motifs is 1. The molecule has 44 heavy (non-hydrogen) atoms. The Hall–Kier alpha value is -4.13. The van der Waals surface area contributed by atoms with E-state index in [-0.39, 0.29) is 18.2 Å². The molecule has 1 saturated heterocycles. The van der Waals surface area contributed by atoms with Gasteiger partial charge in [0.2, 0.25) is 6.23 Å². The van der Waals surface area contributed by atoms with E-state index >= 15 is 0 Å². The first-order valence-electron chi connectivity index (χ1n) is 12.5. The molecule has 1 aliphatic rings. The number of ether oxygens (including phenoxy) is 4. The number of aromatic nitrogens is 2. The van der Waals surface area contributed by atoms with Crippen molar-refractivity contribution in [2.24, 2.45) is 0 Å². The van der Waals surface area contributed by atoms with Crippen LogP contribution in [0.15, 0.2) is 39.7 Å². The van der Waals surface area contributed by atoms with Crippen molar-refractivity contribution in [2.75, 3.05) is 26.1 Å². The first-order valence-corrected chi connectivity index (χ1v) is 14.1. The molecule has 0 bridgehead atoms. The molecule has 1 aliphatic heterocycles. The molecule has 0 radical (unpaired) electrons. The van der Waals surface area contributed by atoms with Gasteiger partial charge >= 0.3 is 31.4 Å². The summed E-state index contributed by atoms with van der Waals surface area (Å²) in [7, 11) is -1.88. The molecule has 5 N–H and O–H groups in total. The zero-order valence-corrected chi connectivity index (χ0v) is 24.0. The van der Waals surface area contributed by atoms with Crippen LogP contribution in [0, 0.1) is 0 Å². The van der Waals surface area contributed by atoms with E-state index in [2.05, 4.69) is 14.8 Å². The smallest absolute Gasteiger partial charge is 0.413 e. The monoisotopic (exact) mass is 648 g/mol. The second kappa shape index (κ2) is 12.8. The molecule has 1 amide bonds. The molecule has 17 nitrogen and oxygen atoms in total. The zero-order chi connectivity index (χ0) is 32.4. The van der Waals surface area contributed by atoms with Crippen molar-refractivity contribution in [1.29, 1.82) is 0 Å². The number of anilines is 1. The van der Waals surface area contributed by atoms with Crippen LogP contribution in [0.5, 0.6) is 11.5 Å². The standard InChI is InChI=1S/C24H27F2N4O13P/c1-11(20(32)33)29-44(36,37)41-10-16-19(31)24(25,26)21(43-16)30-5-4-17(27-22(30)34)28-23(35)40-9-14-7-12-6-13(38-2)8-15(39-3)18(12)42-14/h4-8,11,16,19,21,31H,9-10H2,1-3H3,(H,32,33)(H2,29,36,37)(H,27,28,34,35)/t11?,16-,19-,21-/m1/s1. The molecule has 1 aromatic carbocycles. The molecular formula is C24H27F2N4O13P. The zero-order valence-electron chi connectivity index (χ0n) is 23.1. The van der Waals surface area contributed by atoms with Gasteiger partial charge in [-0.05, 0) is 25.1 Å². The van der Waals surface area contributed by atoms with Crippen LogP contribution >= 0.6 is 7.75 Å². The summed E-state index contributed by atoms with van der Waals surface area (Å²) in [4.78, 5) is 48.9. The summed E-state index contributed by atoms with van der Waals surface area (Å²) in [5, 5.41) is 23.4. The maximum atomic E-state index is 14.8. The number of rotatable bonds is 12. The molecule has 0 aliphatic carbocycles. The summed E-state index contributed by atoms with van der Waals surface area (Å²) in [6.45, 7) is -0.370. The number of carboxylic acid groups (broad SMARTS) is 1. The van der Waals surface area contributed by atoms with E-state index in [0.29, 0.717) is 27.0 Å². The molecule has 4 rings (SSSR count). The van der Waals surface area contributed by atoms with Crippen LogP contribution in [-0.2, 0) is 30.0 Å². The first kappa shape index (κ1) is 32.8. The number of halogens is 2. The SMILES string of the molecule is COc1cc(OC)c2oc(COC(=O)Nc3ccn([C@@H]4O[C@H](COP(=O)(O)NC(C)C(=O)O)[C@@H](O)C4(F)F)c(=O)n3)cc2c1. The van der Waals surface area contributed by atoms with Gasteiger partial charge in [0, 0.05) is 17.6 Å². The molecule has 5 atom stereocenters. The Morgan fingerprint density at radius 1 is 1.25 bits per heavy atom. The maximum absolute atomic E-state index is 14.8. The van der Waals surface area contributed by atoms with Crippen LogP contribution in [0.3, 0.4) is 0 Å². The van der Waals surface area contributed by atoms with Crippen LogP contribution in [-0.4, -0.2) is 81.7 Å². The lowest BCUT2D eigenvalue weighted by atomic mass is 10.1. The Balaban J connectivity index is 1.38. The highest BCUT2D eigenvalue weighted by Gasteiger charge is 2.60. The van der Waals surface area contributed by atoms with Gasteiger partial charge in [-0.15, -0.1) is 0 Å². The first-order chi connectivity index (χ1) is 20.6. The number of hydrogen-bond donors (Lipinski definition) is 5. The molecule has 2 unspecified atom stereocenters. The number of aliphatic hydroxyl groups is 1. The molecule has 1 fully saturated rings. The summed E-state index contributed by atoms with van der Waals surface area (Å²) in [6, 6.07) is 4.33. The number of nitrogens with zero attached hydrogens (tertiary/aromatic N) is 2. The van der Waals surface area contributed by atoms with Crippen molar-refractivity contribution in [3.05, 3.63) is 46.7 Å². The second-order valence-electron chi connectivity index (χ2n) is 9.32. The van der Waals surface area contributed by atoms with Gasteiger partial charge in [0.25, 0.3) is 0 Å². The molecule has 20 heteroatoms. The fraction of sp³-hybridized carbons (Fsp3) is 0.417. The quantitative estimate of drug-likeness (QED) is 0.176. The summed E-state index contributed by atoms with van der Waals surface area (Å²) in [5.41, 5.74) is -0.929. The highest BCUT2D eigenvalue weighted by Crippen LogP contribution is 2.45. The largest absolute Gasteiger partial charge is 0.497 e. The van der Waals surface area contributed by atoms with Crippen LogP contribution in [0.4, 0.5) is 19.4 Å². The number of methoxy groups -OCH3 is 2. The number of benzene rings is 1. The van der Waals surface area contributed by atoms with Crippen LogP contribution in [0.2, 0.25) is 0 Å². The third kappa shape index (κ3) is 7.15. The van der Waals surface area contributed by atoms with Crippen molar-refractivity contribution in [1.82, 2.24) is 14.6 Å². The molecule has 2 aromatic heterocycles. The summed E-state index contributed by atoms with van der Waals surface area (Å²) in [5.74, 6) is -4.82. The molecule has 0 saturated carbocycles. The third-order valence-electron chi connectivity index (χ3n) is 6.24. The van der Waals surface area contributed by atoms with E-state index in [1.54, 1.807) is 23.3 Å². The Bertz CT molecular complexity index is 1650. The number of carbonyl (C=O) groups excluding carboxylic acids is 1. The summed E-state index contributed by atoms with van der Waals surface area (Å²) < 4.78 is 72.9. The molecule has 3 aromatic rings. The fourth-order valence-corrected chi connectivity index (χ4v) is 5.07. The molecular weight excluding hydrogens is 621 g/mol. The van der Waals surface area contributed by atoms with Gasteiger partial charge in [-0.25, -0.2) is 19.2 Å². The minimum absolute atomic E-state index is 0.243. The van der Waals surface area contributed by atoms with E-state index in [0.717, 1.165) is 19.2 Å². The number of carboxylic acids is 1. The number of alkyl halides is 2. The topological polar surface area (TPSA) is 230 Å². The minimum Gasteiger partial charge on any atom is -0.497 e. The Morgan fingerprint density at radius 3 is 2.61 bits per heavy atom. The van der Waals surface area contributed by atoms with Crippen molar-refractivity contribution < 1.29 is 65.9 Å². The van der Waals surface area contributed by atoms with E-state index in [9.17, 15) is 37.7 Å². The van der Waals surface area contributed by atoms with E-state index < -0.39 is 62.5 Å². The van der Waals surface area contributed by atoms with Crippen LogP contribution in [0.25, 0.3) is 11.0 Å². The van der Waals surface area contributed by atoms with Crippen molar-refractivity contribution in [2.45, 2.75) is 43.9 Å². The number of aliphatic hydroxyl groups excluding tert-OH is 1. The maximum Gasteiger partial charge on any atom is 0.413 e. The highest BCUT2D eigenvalue weighted by atomic mass is 31.2. The van der Waals surface area contributed by atoms with Gasteiger partial charge < -0.3 is 38.5 Å². The number of amides is 1. The molecule has 3 heterocycles. The predicted molar refractivity (Wildman–Crippen MR) is 142 cm³/mol. The van der Waals surface area contributed by atoms with Crippen molar-refractivity contribution in [3.63, 3.8) is 0 Å².